The second kappa shape index (κ2) is 8.70. The third kappa shape index (κ3) is 5.08. The molecule has 1 aromatic heterocycles. The summed E-state index contributed by atoms with van der Waals surface area (Å²) in [6.07, 6.45) is 6.06. The number of ether oxygens (including phenoxy) is 1. The number of hydrogen-bond donors (Lipinski definition) is 1. The molecule has 3 rings (SSSR count). The Morgan fingerprint density at radius 2 is 1.88 bits per heavy atom. The van der Waals surface area contributed by atoms with Crippen LogP contribution in [0.5, 0.6) is 5.75 Å². The van der Waals surface area contributed by atoms with Crippen LogP contribution in [0.2, 0.25) is 0 Å². The van der Waals surface area contributed by atoms with Gasteiger partial charge in [-0.1, -0.05) is 25.0 Å². The van der Waals surface area contributed by atoms with Crippen LogP contribution < -0.4 is 15.0 Å². The minimum Gasteiger partial charge on any atom is -0.497 e. The molecule has 5 nitrogen and oxygen atoms in total. The predicted octanol–water partition coefficient (Wildman–Crippen LogP) is 3.83. The lowest BCUT2D eigenvalue weighted by Crippen LogP contribution is -2.25. The van der Waals surface area contributed by atoms with Gasteiger partial charge >= 0.3 is 0 Å². The molecule has 5 heteroatoms. The van der Waals surface area contributed by atoms with Gasteiger partial charge in [0, 0.05) is 31.4 Å². The van der Waals surface area contributed by atoms with E-state index in [0.717, 1.165) is 49.3 Å². The Morgan fingerprint density at radius 3 is 2.64 bits per heavy atom. The Morgan fingerprint density at radius 1 is 1.08 bits per heavy atom. The maximum atomic E-state index is 5.28. The molecule has 0 unspecified atom stereocenters. The van der Waals surface area contributed by atoms with Crippen LogP contribution in [-0.4, -0.2) is 36.7 Å². The zero-order chi connectivity index (χ0) is 17.5. The van der Waals surface area contributed by atoms with E-state index >= 15 is 0 Å². The normalized spacial score (nSPS) is 14.9. The molecule has 1 aliphatic heterocycles. The molecule has 0 radical (unpaired) electrons. The van der Waals surface area contributed by atoms with E-state index in [1.54, 1.807) is 7.11 Å². The van der Waals surface area contributed by atoms with Crippen LogP contribution in [0, 0.1) is 6.92 Å². The summed E-state index contributed by atoms with van der Waals surface area (Å²) in [6, 6.07) is 10.3. The van der Waals surface area contributed by atoms with E-state index in [-0.39, 0.29) is 0 Å². The van der Waals surface area contributed by atoms with Gasteiger partial charge in [-0.15, -0.1) is 0 Å². The quantitative estimate of drug-likeness (QED) is 0.866. The van der Waals surface area contributed by atoms with Gasteiger partial charge in [-0.3, -0.25) is 0 Å². The van der Waals surface area contributed by atoms with Crippen LogP contribution in [0.1, 0.15) is 36.9 Å². The lowest BCUT2D eigenvalue weighted by Gasteiger charge is -2.22. The van der Waals surface area contributed by atoms with Crippen LogP contribution in [0.4, 0.5) is 11.8 Å². The smallest absolute Gasteiger partial charge is 0.224 e. The standard InChI is InChI=1S/C20H28N4O/c1-16-14-19(24-12-5-3-4-6-13-24)23-20(22-16)21-11-10-17-8-7-9-18(15-17)25-2/h7-9,14-15H,3-6,10-13H2,1-2H3,(H,21,22,23). The van der Waals surface area contributed by atoms with E-state index < -0.39 is 0 Å². The monoisotopic (exact) mass is 340 g/mol. The van der Waals surface area contributed by atoms with E-state index in [0.29, 0.717) is 0 Å². The highest BCUT2D eigenvalue weighted by atomic mass is 16.5. The lowest BCUT2D eigenvalue weighted by atomic mass is 10.1. The molecule has 0 bridgehead atoms. The van der Waals surface area contributed by atoms with Crippen LogP contribution >= 0.6 is 0 Å². The number of nitrogens with one attached hydrogen (secondary N) is 1. The second-order valence-electron chi connectivity index (χ2n) is 6.62. The van der Waals surface area contributed by atoms with E-state index in [1.807, 2.05) is 19.1 Å². The summed E-state index contributed by atoms with van der Waals surface area (Å²) < 4.78 is 5.28. The zero-order valence-corrected chi connectivity index (χ0v) is 15.3. The molecule has 0 amide bonds. The topological polar surface area (TPSA) is 50.3 Å². The number of benzene rings is 1. The fourth-order valence-electron chi connectivity index (χ4n) is 3.24. The molecular weight excluding hydrogens is 312 g/mol. The maximum Gasteiger partial charge on any atom is 0.224 e. The Balaban J connectivity index is 1.61. The van der Waals surface area contributed by atoms with Crippen molar-refractivity contribution in [1.82, 2.24) is 9.97 Å². The third-order valence-corrected chi connectivity index (χ3v) is 4.60. The first-order chi connectivity index (χ1) is 12.2. The number of methoxy groups -OCH3 is 1. The van der Waals surface area contributed by atoms with Gasteiger partial charge in [-0.2, -0.15) is 4.98 Å². The molecule has 2 aromatic rings. The number of anilines is 2. The summed E-state index contributed by atoms with van der Waals surface area (Å²) in [5.41, 5.74) is 2.25. The van der Waals surface area contributed by atoms with E-state index in [2.05, 4.69) is 33.4 Å². The highest BCUT2D eigenvalue weighted by Gasteiger charge is 2.13. The van der Waals surface area contributed by atoms with Gasteiger partial charge in [0.25, 0.3) is 0 Å². The van der Waals surface area contributed by atoms with Gasteiger partial charge < -0.3 is 15.0 Å². The number of rotatable bonds is 6. The average Bonchev–Trinajstić information content (AvgIpc) is 2.91. The van der Waals surface area contributed by atoms with E-state index in [1.165, 1.54) is 31.2 Å². The third-order valence-electron chi connectivity index (χ3n) is 4.60. The fraction of sp³-hybridized carbons (Fsp3) is 0.500. The van der Waals surface area contributed by atoms with Gasteiger partial charge in [0.05, 0.1) is 7.11 Å². The Bertz CT molecular complexity index is 681. The summed E-state index contributed by atoms with van der Waals surface area (Å²) in [4.78, 5) is 11.7. The van der Waals surface area contributed by atoms with Crippen molar-refractivity contribution in [2.75, 3.05) is 37.0 Å². The molecule has 134 valence electrons. The van der Waals surface area contributed by atoms with Crippen molar-refractivity contribution in [1.29, 1.82) is 0 Å². The van der Waals surface area contributed by atoms with Crippen LogP contribution in [-0.2, 0) is 6.42 Å². The minimum absolute atomic E-state index is 0.724. The summed E-state index contributed by atoms with van der Waals surface area (Å²) >= 11 is 0. The van der Waals surface area contributed by atoms with E-state index in [4.69, 9.17) is 9.72 Å². The molecular formula is C20H28N4O. The van der Waals surface area contributed by atoms with Crippen molar-refractivity contribution in [3.05, 3.63) is 41.6 Å². The van der Waals surface area contributed by atoms with Crippen LogP contribution in [0.15, 0.2) is 30.3 Å². The highest BCUT2D eigenvalue weighted by molar-refractivity contribution is 5.45. The Labute approximate surface area is 150 Å². The molecule has 1 aromatic carbocycles. The van der Waals surface area contributed by atoms with Crippen LogP contribution in [0.25, 0.3) is 0 Å². The van der Waals surface area contributed by atoms with Gasteiger partial charge in [-0.05, 0) is 43.9 Å². The summed E-state index contributed by atoms with van der Waals surface area (Å²) in [5.74, 6) is 2.67. The first-order valence-corrected chi connectivity index (χ1v) is 9.22. The highest BCUT2D eigenvalue weighted by Crippen LogP contribution is 2.19. The SMILES string of the molecule is COc1cccc(CCNc2nc(C)cc(N3CCCCCC3)n2)c1. The Kier molecular flexibility index (Phi) is 6.09. The molecule has 1 aliphatic rings. The molecule has 0 spiro atoms. The predicted molar refractivity (Wildman–Crippen MR) is 103 cm³/mol. The zero-order valence-electron chi connectivity index (χ0n) is 15.3. The molecule has 1 N–H and O–H groups in total. The van der Waals surface area contributed by atoms with Gasteiger partial charge in [0.15, 0.2) is 0 Å². The summed E-state index contributed by atoms with van der Waals surface area (Å²) in [7, 11) is 1.70. The van der Waals surface area contributed by atoms with Gasteiger partial charge in [0.1, 0.15) is 11.6 Å². The first kappa shape index (κ1) is 17.5. The van der Waals surface area contributed by atoms with Crippen molar-refractivity contribution < 1.29 is 4.74 Å². The largest absolute Gasteiger partial charge is 0.497 e. The van der Waals surface area contributed by atoms with Crippen molar-refractivity contribution in [3.8, 4) is 5.75 Å². The van der Waals surface area contributed by atoms with Crippen LogP contribution in [0.3, 0.4) is 0 Å². The molecule has 0 aliphatic carbocycles. The number of hydrogen-bond acceptors (Lipinski definition) is 5. The van der Waals surface area contributed by atoms with Gasteiger partial charge in [0.2, 0.25) is 5.95 Å². The van der Waals surface area contributed by atoms with Crippen molar-refractivity contribution in [3.63, 3.8) is 0 Å². The molecule has 25 heavy (non-hydrogen) atoms. The molecule has 2 heterocycles. The second-order valence-corrected chi connectivity index (χ2v) is 6.62. The molecule has 1 saturated heterocycles. The van der Waals surface area contributed by atoms with E-state index in [9.17, 15) is 0 Å². The van der Waals surface area contributed by atoms with Crippen molar-refractivity contribution in [2.24, 2.45) is 0 Å². The number of nitrogens with zero attached hydrogens (tertiary/aromatic N) is 3. The molecule has 0 atom stereocenters. The lowest BCUT2D eigenvalue weighted by molar-refractivity contribution is 0.414. The van der Waals surface area contributed by atoms with Crippen molar-refractivity contribution >= 4 is 11.8 Å². The summed E-state index contributed by atoms with van der Waals surface area (Å²) in [5, 5.41) is 3.38. The molecule has 0 saturated carbocycles. The summed E-state index contributed by atoms with van der Waals surface area (Å²) in [6.45, 7) is 5.03. The van der Waals surface area contributed by atoms with Gasteiger partial charge in [-0.25, -0.2) is 4.98 Å². The minimum atomic E-state index is 0.724. The Hall–Kier alpha value is -2.30. The number of aryl methyl sites for hydroxylation is 1. The van der Waals surface area contributed by atoms with Crippen molar-refractivity contribution in [2.45, 2.75) is 39.0 Å². The number of aromatic nitrogens is 2. The maximum absolute atomic E-state index is 5.28. The fourth-order valence-corrected chi connectivity index (χ4v) is 3.24. The average molecular weight is 340 g/mol. The molecule has 1 fully saturated rings. The first-order valence-electron chi connectivity index (χ1n) is 9.22.